The quantitative estimate of drug-likeness (QED) is 0.762. The number of rotatable bonds is 6. The van der Waals surface area contributed by atoms with Crippen molar-refractivity contribution >= 4 is 10.0 Å². The number of nitrogens with one attached hydrogen (secondary N) is 2. The number of hydrogen-bond acceptors (Lipinski definition) is 3. The Balaban J connectivity index is 1.73. The van der Waals surface area contributed by atoms with Crippen LogP contribution in [0.1, 0.15) is 30.0 Å². The van der Waals surface area contributed by atoms with Crippen molar-refractivity contribution in [2.45, 2.75) is 25.3 Å². The molecule has 0 bridgehead atoms. The van der Waals surface area contributed by atoms with E-state index in [0.717, 1.165) is 25.8 Å². The van der Waals surface area contributed by atoms with E-state index in [2.05, 4.69) is 34.3 Å². The minimum Gasteiger partial charge on any atom is -0.310 e. The van der Waals surface area contributed by atoms with Crippen LogP contribution < -0.4 is 10.0 Å². The van der Waals surface area contributed by atoms with E-state index in [0.29, 0.717) is 12.6 Å². The molecule has 5 heteroatoms. The Bertz CT molecular complexity index is 499. The summed E-state index contributed by atoms with van der Waals surface area (Å²) in [4.78, 5) is 0. The lowest BCUT2D eigenvalue weighted by Crippen LogP contribution is -2.27. The fraction of sp³-hybridized carbons (Fsp3) is 0.538. The average molecular weight is 268 g/mol. The van der Waals surface area contributed by atoms with E-state index in [1.165, 1.54) is 17.4 Å². The van der Waals surface area contributed by atoms with E-state index in [9.17, 15) is 8.42 Å². The first kappa shape index (κ1) is 13.5. The van der Waals surface area contributed by atoms with E-state index in [4.69, 9.17) is 0 Å². The first-order chi connectivity index (χ1) is 8.56. The molecule has 1 aromatic rings. The van der Waals surface area contributed by atoms with Gasteiger partial charge in [-0.05, 0) is 36.9 Å². The maximum atomic E-state index is 10.9. The molecule has 0 amide bonds. The highest BCUT2D eigenvalue weighted by Crippen LogP contribution is 2.30. The summed E-state index contributed by atoms with van der Waals surface area (Å²) in [6.07, 6.45) is 4.27. The molecule has 100 valence electrons. The molecule has 1 aliphatic rings. The van der Waals surface area contributed by atoms with Crippen molar-refractivity contribution in [1.29, 1.82) is 0 Å². The molecule has 18 heavy (non-hydrogen) atoms. The Kier molecular flexibility index (Phi) is 4.37. The largest absolute Gasteiger partial charge is 0.310 e. The summed E-state index contributed by atoms with van der Waals surface area (Å²) >= 11 is 0. The van der Waals surface area contributed by atoms with Crippen LogP contribution in [0.5, 0.6) is 0 Å². The predicted molar refractivity (Wildman–Crippen MR) is 73.0 cm³/mol. The Morgan fingerprint density at radius 2 is 2.06 bits per heavy atom. The molecule has 2 N–H and O–H groups in total. The molecular weight excluding hydrogens is 248 g/mol. The fourth-order valence-corrected chi connectivity index (χ4v) is 2.91. The minimum atomic E-state index is -3.05. The first-order valence-electron chi connectivity index (χ1n) is 6.32. The van der Waals surface area contributed by atoms with Crippen molar-refractivity contribution in [3.8, 4) is 0 Å². The summed E-state index contributed by atoms with van der Waals surface area (Å²) < 4.78 is 24.3. The van der Waals surface area contributed by atoms with Crippen molar-refractivity contribution in [2.24, 2.45) is 0 Å². The molecular formula is C13H20N2O2S. The van der Waals surface area contributed by atoms with Crippen molar-refractivity contribution in [2.75, 3.05) is 19.3 Å². The molecule has 1 aromatic carbocycles. The number of sulfonamides is 1. The standard InChI is InChI=1S/C13H20N2O2S/c1-18(16,17)15-10-4-9-14-13-8-7-11-5-2-3-6-12(11)13/h2-3,5-6,13-15H,4,7-10H2,1H3. The van der Waals surface area contributed by atoms with Crippen molar-refractivity contribution in [1.82, 2.24) is 10.0 Å². The van der Waals surface area contributed by atoms with E-state index >= 15 is 0 Å². The third kappa shape index (κ3) is 3.80. The number of hydrogen-bond donors (Lipinski definition) is 2. The maximum absolute atomic E-state index is 10.9. The van der Waals surface area contributed by atoms with Gasteiger partial charge in [0.1, 0.15) is 0 Å². The van der Waals surface area contributed by atoms with Crippen molar-refractivity contribution < 1.29 is 8.42 Å². The topological polar surface area (TPSA) is 58.2 Å². The van der Waals surface area contributed by atoms with E-state index in [1.807, 2.05) is 0 Å². The third-order valence-electron chi connectivity index (χ3n) is 3.24. The Morgan fingerprint density at radius 1 is 1.28 bits per heavy atom. The van der Waals surface area contributed by atoms with Crippen LogP contribution in [-0.4, -0.2) is 27.8 Å². The predicted octanol–water partition coefficient (Wildman–Crippen LogP) is 1.20. The zero-order valence-electron chi connectivity index (χ0n) is 10.6. The van der Waals surface area contributed by atoms with Gasteiger partial charge in [0.15, 0.2) is 0 Å². The lowest BCUT2D eigenvalue weighted by Gasteiger charge is -2.13. The monoisotopic (exact) mass is 268 g/mol. The SMILES string of the molecule is CS(=O)(=O)NCCCNC1CCc2ccccc21. The maximum Gasteiger partial charge on any atom is 0.208 e. The van der Waals surface area contributed by atoms with Gasteiger partial charge in [-0.15, -0.1) is 0 Å². The van der Waals surface area contributed by atoms with Crippen molar-refractivity contribution in [3.63, 3.8) is 0 Å². The second kappa shape index (κ2) is 5.82. The molecule has 0 saturated heterocycles. The summed E-state index contributed by atoms with van der Waals surface area (Å²) in [5, 5.41) is 3.49. The number of aryl methyl sites for hydroxylation is 1. The second-order valence-electron chi connectivity index (χ2n) is 4.76. The summed E-state index contributed by atoms with van der Waals surface area (Å²) in [6.45, 7) is 1.34. The zero-order chi connectivity index (χ0) is 13.0. The van der Waals surface area contributed by atoms with Gasteiger partial charge >= 0.3 is 0 Å². The first-order valence-corrected chi connectivity index (χ1v) is 8.21. The van der Waals surface area contributed by atoms with Gasteiger partial charge in [-0.1, -0.05) is 24.3 Å². The highest BCUT2D eigenvalue weighted by molar-refractivity contribution is 7.88. The Labute approximate surface area is 109 Å². The van der Waals surface area contributed by atoms with Gasteiger partial charge in [0.05, 0.1) is 6.26 Å². The summed E-state index contributed by atoms with van der Waals surface area (Å²) in [5.41, 5.74) is 2.83. The Hall–Kier alpha value is -0.910. The van der Waals surface area contributed by atoms with Crippen LogP contribution in [0, 0.1) is 0 Å². The minimum absolute atomic E-state index is 0.430. The van der Waals surface area contributed by atoms with Gasteiger partial charge < -0.3 is 5.32 Å². The smallest absolute Gasteiger partial charge is 0.208 e. The van der Waals surface area contributed by atoms with E-state index in [1.54, 1.807) is 0 Å². The van der Waals surface area contributed by atoms with Gasteiger partial charge in [0.2, 0.25) is 10.0 Å². The molecule has 1 aliphatic carbocycles. The highest BCUT2D eigenvalue weighted by atomic mass is 32.2. The molecule has 1 unspecified atom stereocenters. The van der Waals surface area contributed by atoms with E-state index < -0.39 is 10.0 Å². The highest BCUT2D eigenvalue weighted by Gasteiger charge is 2.20. The summed E-state index contributed by atoms with van der Waals surface area (Å²) in [7, 11) is -3.05. The molecule has 0 spiro atoms. The summed E-state index contributed by atoms with van der Waals surface area (Å²) in [6, 6.07) is 8.94. The summed E-state index contributed by atoms with van der Waals surface area (Å²) in [5.74, 6) is 0. The van der Waals surface area contributed by atoms with E-state index in [-0.39, 0.29) is 0 Å². The molecule has 0 saturated carbocycles. The molecule has 0 aromatic heterocycles. The van der Waals surface area contributed by atoms with Crippen LogP contribution in [0.2, 0.25) is 0 Å². The van der Waals surface area contributed by atoms with Crippen LogP contribution in [0.3, 0.4) is 0 Å². The molecule has 0 fully saturated rings. The molecule has 0 aliphatic heterocycles. The van der Waals surface area contributed by atoms with Gasteiger partial charge in [-0.25, -0.2) is 13.1 Å². The molecule has 1 atom stereocenters. The van der Waals surface area contributed by atoms with Crippen LogP contribution >= 0.6 is 0 Å². The van der Waals surface area contributed by atoms with Gasteiger partial charge in [-0.2, -0.15) is 0 Å². The lowest BCUT2D eigenvalue weighted by molar-refractivity contribution is 0.517. The normalized spacial score (nSPS) is 18.8. The molecule has 0 radical (unpaired) electrons. The third-order valence-corrected chi connectivity index (χ3v) is 3.97. The van der Waals surface area contributed by atoms with Crippen LogP contribution in [0.15, 0.2) is 24.3 Å². The number of benzene rings is 1. The lowest BCUT2D eigenvalue weighted by atomic mass is 10.1. The molecule has 2 rings (SSSR count). The second-order valence-corrected chi connectivity index (χ2v) is 6.60. The van der Waals surface area contributed by atoms with Crippen LogP contribution in [0.25, 0.3) is 0 Å². The molecule has 4 nitrogen and oxygen atoms in total. The van der Waals surface area contributed by atoms with Gasteiger partial charge in [-0.3, -0.25) is 0 Å². The van der Waals surface area contributed by atoms with Crippen LogP contribution in [-0.2, 0) is 16.4 Å². The number of fused-ring (bicyclic) bond motifs is 1. The van der Waals surface area contributed by atoms with Crippen molar-refractivity contribution in [3.05, 3.63) is 35.4 Å². The average Bonchev–Trinajstić information content (AvgIpc) is 2.71. The fourth-order valence-electron chi connectivity index (χ4n) is 2.39. The van der Waals surface area contributed by atoms with Crippen LogP contribution in [0.4, 0.5) is 0 Å². The van der Waals surface area contributed by atoms with Gasteiger partial charge in [0, 0.05) is 12.6 Å². The molecule has 0 heterocycles. The Morgan fingerprint density at radius 3 is 2.83 bits per heavy atom. The zero-order valence-corrected chi connectivity index (χ0v) is 11.5. The van der Waals surface area contributed by atoms with Gasteiger partial charge in [0.25, 0.3) is 0 Å².